The summed E-state index contributed by atoms with van der Waals surface area (Å²) >= 11 is 8.41. The van der Waals surface area contributed by atoms with Crippen LogP contribution in [0.15, 0.2) is 32.9 Å². The van der Waals surface area contributed by atoms with Gasteiger partial charge in [-0.2, -0.15) is 0 Å². The minimum Gasteiger partial charge on any atom is -0.370 e. The highest BCUT2D eigenvalue weighted by Crippen LogP contribution is 2.25. The van der Waals surface area contributed by atoms with Crippen LogP contribution in [0.3, 0.4) is 0 Å². The molecule has 3 heterocycles. The monoisotopic (exact) mass is 562 g/mol. The van der Waals surface area contributed by atoms with Crippen LogP contribution >= 0.6 is 58.3 Å². The van der Waals surface area contributed by atoms with Gasteiger partial charge in [0.25, 0.3) is 0 Å². The van der Waals surface area contributed by atoms with E-state index in [1.807, 2.05) is 10.3 Å². The van der Waals surface area contributed by atoms with Crippen LogP contribution in [0.25, 0.3) is 0 Å². The van der Waals surface area contributed by atoms with Crippen LogP contribution < -0.4 is 15.4 Å². The molecule has 0 saturated carbocycles. The minimum absolute atomic E-state index is 0. The van der Waals surface area contributed by atoms with Crippen molar-refractivity contribution in [2.75, 3.05) is 44.2 Å². The maximum Gasteiger partial charge on any atom is 0.250 e. The summed E-state index contributed by atoms with van der Waals surface area (Å²) in [7, 11) is -3.55. The molecule has 0 atom stereocenters. The fourth-order valence-electron chi connectivity index (χ4n) is 2.46. The van der Waals surface area contributed by atoms with E-state index in [1.165, 1.54) is 6.07 Å². The molecule has 0 radical (unpaired) electrons. The Kier molecular flexibility index (Phi) is 8.55. The van der Waals surface area contributed by atoms with Gasteiger partial charge in [0.15, 0.2) is 11.1 Å². The SMILES string of the molecule is I.NC(=NCCNS(=O)(=O)c1ccc(Cl)s1)N1CCN(c2nccs2)CC1. The number of sulfonamides is 1. The van der Waals surface area contributed by atoms with Crippen molar-refractivity contribution in [1.82, 2.24) is 14.6 Å². The molecule has 1 aliphatic rings. The molecular weight excluding hydrogens is 543 g/mol. The Morgan fingerprint density at radius 3 is 2.67 bits per heavy atom. The molecule has 1 fully saturated rings. The number of piperazine rings is 1. The number of hydrogen-bond donors (Lipinski definition) is 2. The van der Waals surface area contributed by atoms with E-state index in [4.69, 9.17) is 17.3 Å². The number of nitrogens with one attached hydrogen (secondary N) is 1. The summed E-state index contributed by atoms with van der Waals surface area (Å²) < 4.78 is 27.3. The van der Waals surface area contributed by atoms with Gasteiger partial charge in [0.2, 0.25) is 10.0 Å². The zero-order valence-electron chi connectivity index (χ0n) is 14.2. The first-order valence-corrected chi connectivity index (χ1v) is 11.5. The highest BCUT2D eigenvalue weighted by Gasteiger charge is 2.20. The molecule has 2 aromatic heterocycles. The lowest BCUT2D eigenvalue weighted by molar-refractivity contribution is 0.380. The smallest absolute Gasteiger partial charge is 0.250 e. The molecule has 3 rings (SSSR count). The second-order valence-corrected chi connectivity index (χ2v) is 10.1. The van der Waals surface area contributed by atoms with Crippen molar-refractivity contribution in [2.45, 2.75) is 4.21 Å². The number of thiazole rings is 1. The van der Waals surface area contributed by atoms with Gasteiger partial charge in [0, 0.05) is 44.3 Å². The number of rotatable bonds is 6. The Morgan fingerprint density at radius 1 is 1.33 bits per heavy atom. The van der Waals surface area contributed by atoms with Gasteiger partial charge in [-0.05, 0) is 12.1 Å². The van der Waals surface area contributed by atoms with Crippen molar-refractivity contribution in [3.05, 3.63) is 28.0 Å². The first kappa shape index (κ1) is 22.6. The average Bonchev–Trinajstić information content (AvgIpc) is 3.30. The average molecular weight is 563 g/mol. The summed E-state index contributed by atoms with van der Waals surface area (Å²) in [5.41, 5.74) is 6.03. The minimum atomic E-state index is -3.55. The lowest BCUT2D eigenvalue weighted by Crippen LogP contribution is -2.51. The standard InChI is InChI=1S/C14H19ClN6O2S3.HI/c15-11-1-2-12(25-11)26(22,23)19-4-3-17-13(16)20-6-8-21(9-7-20)14-18-5-10-24-14;/h1-2,5,10,19H,3-4,6-9H2,(H2,16,17);1H. The molecule has 1 saturated heterocycles. The fraction of sp³-hybridized carbons (Fsp3) is 0.429. The molecule has 1 aliphatic heterocycles. The summed E-state index contributed by atoms with van der Waals surface area (Å²) in [6.45, 7) is 3.63. The Labute approximate surface area is 188 Å². The third-order valence-electron chi connectivity index (χ3n) is 3.78. The van der Waals surface area contributed by atoms with E-state index in [-0.39, 0.29) is 41.3 Å². The molecule has 0 amide bonds. The van der Waals surface area contributed by atoms with Gasteiger partial charge < -0.3 is 15.5 Å². The first-order valence-electron chi connectivity index (χ1n) is 7.90. The Hall–Kier alpha value is -0.670. The van der Waals surface area contributed by atoms with E-state index in [0.29, 0.717) is 10.3 Å². The number of nitrogens with two attached hydrogens (primary N) is 1. The van der Waals surface area contributed by atoms with Crippen LogP contribution in [0.1, 0.15) is 0 Å². The number of aliphatic imine (C=N–C) groups is 1. The number of halogens is 2. The molecule has 27 heavy (non-hydrogen) atoms. The van der Waals surface area contributed by atoms with Crippen molar-refractivity contribution in [3.8, 4) is 0 Å². The lowest BCUT2D eigenvalue weighted by atomic mass is 10.3. The largest absolute Gasteiger partial charge is 0.370 e. The molecule has 150 valence electrons. The van der Waals surface area contributed by atoms with Gasteiger partial charge in [-0.25, -0.2) is 18.1 Å². The van der Waals surface area contributed by atoms with Crippen molar-refractivity contribution >= 4 is 79.4 Å². The number of aromatic nitrogens is 1. The van der Waals surface area contributed by atoms with Gasteiger partial charge >= 0.3 is 0 Å². The molecule has 8 nitrogen and oxygen atoms in total. The zero-order chi connectivity index (χ0) is 18.6. The van der Waals surface area contributed by atoms with Gasteiger partial charge in [0.1, 0.15) is 4.21 Å². The molecule has 0 unspecified atom stereocenters. The summed E-state index contributed by atoms with van der Waals surface area (Å²) in [5.74, 6) is 0.433. The molecule has 3 N–H and O–H groups in total. The van der Waals surface area contributed by atoms with Crippen LogP contribution in [0.2, 0.25) is 4.34 Å². The Morgan fingerprint density at radius 2 is 2.07 bits per heavy atom. The molecule has 13 heteroatoms. The molecule has 0 aliphatic carbocycles. The summed E-state index contributed by atoms with van der Waals surface area (Å²) in [4.78, 5) is 12.8. The third-order valence-corrected chi connectivity index (χ3v) is 7.80. The number of guanidine groups is 1. The van der Waals surface area contributed by atoms with Gasteiger partial charge in [-0.15, -0.1) is 46.7 Å². The van der Waals surface area contributed by atoms with E-state index < -0.39 is 10.0 Å². The van der Waals surface area contributed by atoms with E-state index in [0.717, 1.165) is 42.6 Å². The van der Waals surface area contributed by atoms with Crippen molar-refractivity contribution in [1.29, 1.82) is 0 Å². The van der Waals surface area contributed by atoms with E-state index in [9.17, 15) is 8.42 Å². The number of nitrogens with zero attached hydrogens (tertiary/aromatic N) is 4. The molecule has 2 aromatic rings. The number of thiophene rings is 1. The van der Waals surface area contributed by atoms with E-state index in [2.05, 4.69) is 19.6 Å². The van der Waals surface area contributed by atoms with Crippen LogP contribution in [-0.4, -0.2) is 63.5 Å². The molecule has 0 bridgehead atoms. The highest BCUT2D eigenvalue weighted by molar-refractivity contribution is 14.0. The fourth-order valence-corrected chi connectivity index (χ4v) is 5.71. The summed E-state index contributed by atoms with van der Waals surface area (Å²) in [6.07, 6.45) is 1.80. The quantitative estimate of drug-likeness (QED) is 0.241. The predicted octanol–water partition coefficient (Wildman–Crippen LogP) is 1.89. The summed E-state index contributed by atoms with van der Waals surface area (Å²) in [6, 6.07) is 3.04. The van der Waals surface area contributed by atoms with Crippen molar-refractivity contribution in [2.24, 2.45) is 10.7 Å². The third kappa shape index (κ3) is 6.15. The van der Waals surface area contributed by atoms with Crippen LogP contribution in [0.5, 0.6) is 0 Å². The van der Waals surface area contributed by atoms with Gasteiger partial charge in [0.05, 0.1) is 10.9 Å². The molecule has 0 aromatic carbocycles. The van der Waals surface area contributed by atoms with Crippen LogP contribution in [0.4, 0.5) is 5.13 Å². The normalized spacial score (nSPS) is 15.7. The van der Waals surface area contributed by atoms with Crippen LogP contribution in [0, 0.1) is 0 Å². The topological polar surface area (TPSA) is 104 Å². The number of anilines is 1. The molecule has 0 spiro atoms. The van der Waals surface area contributed by atoms with Gasteiger partial charge in [-0.1, -0.05) is 11.6 Å². The Bertz CT molecular complexity index is 850. The van der Waals surface area contributed by atoms with Gasteiger partial charge in [-0.3, -0.25) is 4.99 Å². The highest BCUT2D eigenvalue weighted by atomic mass is 127. The lowest BCUT2D eigenvalue weighted by Gasteiger charge is -2.35. The maximum atomic E-state index is 12.1. The molecular formula is C14H20ClIN6O2S3. The zero-order valence-corrected chi connectivity index (χ0v) is 19.8. The van der Waals surface area contributed by atoms with Crippen LogP contribution in [-0.2, 0) is 10.0 Å². The second-order valence-electron chi connectivity index (χ2n) is 5.49. The number of hydrogen-bond acceptors (Lipinski definition) is 7. The van der Waals surface area contributed by atoms with Crippen molar-refractivity contribution in [3.63, 3.8) is 0 Å². The van der Waals surface area contributed by atoms with E-state index in [1.54, 1.807) is 23.6 Å². The summed E-state index contributed by atoms with van der Waals surface area (Å²) in [5, 5.41) is 2.98. The first-order chi connectivity index (χ1) is 12.5. The Balaban J connectivity index is 0.00000261. The maximum absolute atomic E-state index is 12.1. The van der Waals surface area contributed by atoms with E-state index >= 15 is 0 Å². The van der Waals surface area contributed by atoms with Crippen molar-refractivity contribution < 1.29 is 8.42 Å². The second kappa shape index (κ2) is 10.2. The predicted molar refractivity (Wildman–Crippen MR) is 122 cm³/mol.